The van der Waals surface area contributed by atoms with Crippen molar-refractivity contribution >= 4 is 0 Å². The van der Waals surface area contributed by atoms with E-state index < -0.39 is 0 Å². The van der Waals surface area contributed by atoms with Crippen LogP contribution in [-0.2, 0) is 18.3 Å². The molecule has 0 radical (unpaired) electrons. The molecule has 2 aromatic rings. The van der Waals surface area contributed by atoms with Crippen molar-refractivity contribution in [2.24, 2.45) is 5.41 Å². The fourth-order valence-corrected chi connectivity index (χ4v) is 7.26. The van der Waals surface area contributed by atoms with Gasteiger partial charge in [-0.2, -0.15) is 0 Å². The minimum atomic E-state index is 0.128. The van der Waals surface area contributed by atoms with Gasteiger partial charge in [0.15, 0.2) is 0 Å². The van der Waals surface area contributed by atoms with Crippen LogP contribution in [-0.4, -0.2) is 5.11 Å². The van der Waals surface area contributed by atoms with E-state index >= 15 is 0 Å². The summed E-state index contributed by atoms with van der Waals surface area (Å²) in [7, 11) is 0. The van der Waals surface area contributed by atoms with E-state index in [0.29, 0.717) is 11.2 Å². The van der Waals surface area contributed by atoms with Crippen LogP contribution in [0.5, 0.6) is 5.75 Å². The van der Waals surface area contributed by atoms with E-state index in [-0.39, 0.29) is 5.41 Å². The van der Waals surface area contributed by atoms with Gasteiger partial charge in [0.1, 0.15) is 5.75 Å². The van der Waals surface area contributed by atoms with Gasteiger partial charge in [-0.25, -0.2) is 0 Å². The van der Waals surface area contributed by atoms with E-state index in [1.54, 1.807) is 5.57 Å². The molecule has 0 aromatic heterocycles. The molecule has 0 heterocycles. The molecule has 0 amide bonds. The number of aromatic hydroxyl groups is 1. The van der Waals surface area contributed by atoms with Crippen LogP contribution in [0.15, 0.2) is 53.6 Å². The Bertz CT molecular complexity index is 969. The molecule has 5 rings (SSSR count). The number of unbranched alkanes of at least 4 members (excludes halogenated alkanes) is 1. The fraction of sp³-hybridized carbons (Fsp3) is 0.517. The predicted octanol–water partition coefficient (Wildman–Crippen LogP) is 7.58. The first kappa shape index (κ1) is 19.9. The fourth-order valence-electron chi connectivity index (χ4n) is 7.26. The van der Waals surface area contributed by atoms with Crippen molar-refractivity contribution < 1.29 is 5.11 Å². The summed E-state index contributed by atoms with van der Waals surface area (Å²) in [5.74, 6) is 0.466. The summed E-state index contributed by atoms with van der Waals surface area (Å²) in [6, 6.07) is 15.4. The first-order valence-electron chi connectivity index (χ1n) is 12.2. The Morgan fingerprint density at radius 3 is 2.53 bits per heavy atom. The average Bonchev–Trinajstić information content (AvgIpc) is 3.20. The molecular weight excluding hydrogens is 364 g/mol. The van der Waals surface area contributed by atoms with E-state index in [9.17, 15) is 5.11 Å². The van der Waals surface area contributed by atoms with Crippen LogP contribution in [0.4, 0.5) is 0 Å². The van der Waals surface area contributed by atoms with Gasteiger partial charge < -0.3 is 5.11 Å². The average molecular weight is 401 g/mol. The second-order valence-corrected chi connectivity index (χ2v) is 10.2. The van der Waals surface area contributed by atoms with E-state index in [4.69, 9.17) is 0 Å². The summed E-state index contributed by atoms with van der Waals surface area (Å²) in [5, 5.41) is 10.4. The van der Waals surface area contributed by atoms with Gasteiger partial charge in [0.25, 0.3) is 0 Å². The maximum absolute atomic E-state index is 10.4. The highest BCUT2D eigenvalue weighted by Gasteiger charge is 2.52. The monoisotopic (exact) mass is 400 g/mol. The first-order chi connectivity index (χ1) is 14.6. The van der Waals surface area contributed by atoms with E-state index in [2.05, 4.69) is 50.2 Å². The zero-order valence-corrected chi connectivity index (χ0v) is 18.8. The number of fused-ring (bicyclic) bond motifs is 4. The minimum Gasteiger partial charge on any atom is -0.508 e. The number of allylic oxidation sites excluding steroid dienone is 2. The molecule has 2 unspecified atom stereocenters. The Labute approximate surface area is 182 Å². The Morgan fingerprint density at radius 2 is 1.73 bits per heavy atom. The largest absolute Gasteiger partial charge is 0.508 e. The van der Waals surface area contributed by atoms with Crippen LogP contribution in [0.3, 0.4) is 0 Å². The lowest BCUT2D eigenvalue weighted by molar-refractivity contribution is 0.224. The highest BCUT2D eigenvalue weighted by molar-refractivity contribution is 5.56. The van der Waals surface area contributed by atoms with Crippen molar-refractivity contribution in [1.29, 1.82) is 0 Å². The number of phenolic OH excluding ortho intramolecular Hbond substituents is 1. The number of phenols is 1. The van der Waals surface area contributed by atoms with Crippen molar-refractivity contribution in [1.82, 2.24) is 0 Å². The van der Waals surface area contributed by atoms with Gasteiger partial charge in [-0.1, -0.05) is 67.3 Å². The molecule has 0 bridgehead atoms. The van der Waals surface area contributed by atoms with Crippen LogP contribution < -0.4 is 0 Å². The molecule has 1 heteroatoms. The molecule has 0 aliphatic heterocycles. The normalized spacial score (nSPS) is 27.5. The molecule has 30 heavy (non-hydrogen) atoms. The molecular formula is C29H36O. The summed E-state index contributed by atoms with van der Waals surface area (Å²) >= 11 is 0. The number of hydrogen-bond donors (Lipinski definition) is 1. The predicted molar refractivity (Wildman–Crippen MR) is 125 cm³/mol. The van der Waals surface area contributed by atoms with E-state index in [1.165, 1.54) is 74.5 Å². The third-order valence-corrected chi connectivity index (χ3v) is 8.76. The maximum Gasteiger partial charge on any atom is 0.118 e. The molecule has 3 aliphatic rings. The summed E-state index contributed by atoms with van der Waals surface area (Å²) in [6.07, 6.45) is 14.2. The van der Waals surface area contributed by atoms with Crippen LogP contribution >= 0.6 is 0 Å². The van der Waals surface area contributed by atoms with Gasteiger partial charge in [0, 0.05) is 5.41 Å². The van der Waals surface area contributed by atoms with Gasteiger partial charge in [0.2, 0.25) is 0 Å². The van der Waals surface area contributed by atoms with Crippen LogP contribution in [0.2, 0.25) is 0 Å². The third-order valence-electron chi connectivity index (χ3n) is 8.76. The lowest BCUT2D eigenvalue weighted by atomic mass is 9.52. The summed E-state index contributed by atoms with van der Waals surface area (Å²) < 4.78 is 0. The van der Waals surface area contributed by atoms with Crippen molar-refractivity contribution in [3.05, 3.63) is 75.9 Å². The van der Waals surface area contributed by atoms with Gasteiger partial charge in [-0.05, 0) is 98.4 Å². The Kier molecular flexibility index (Phi) is 5.04. The Morgan fingerprint density at radius 1 is 0.900 bits per heavy atom. The van der Waals surface area contributed by atoms with Crippen LogP contribution in [0, 0.1) is 12.3 Å². The molecule has 1 fully saturated rings. The smallest absolute Gasteiger partial charge is 0.118 e. The lowest BCUT2D eigenvalue weighted by Gasteiger charge is -2.51. The maximum atomic E-state index is 10.4. The number of benzene rings is 2. The summed E-state index contributed by atoms with van der Waals surface area (Å²) in [5.41, 5.74) is 9.78. The zero-order chi connectivity index (χ0) is 20.8. The third kappa shape index (κ3) is 2.96. The van der Waals surface area contributed by atoms with Gasteiger partial charge >= 0.3 is 0 Å². The minimum absolute atomic E-state index is 0.128. The highest BCUT2D eigenvalue weighted by atomic mass is 16.3. The van der Waals surface area contributed by atoms with Crippen LogP contribution in [0.25, 0.3) is 0 Å². The lowest BCUT2D eigenvalue weighted by Crippen LogP contribution is -2.43. The molecule has 3 aliphatic carbocycles. The summed E-state index contributed by atoms with van der Waals surface area (Å²) in [6.45, 7) is 4.46. The van der Waals surface area contributed by atoms with Gasteiger partial charge in [-0.15, -0.1) is 0 Å². The molecule has 1 saturated carbocycles. The SMILES string of the molecule is CCCCC12CCCC1=C1CCc3c(ccc(O)c3C)C1(Cc1ccccc1)CC2. The van der Waals surface area contributed by atoms with E-state index in [0.717, 1.165) is 18.4 Å². The molecule has 0 spiro atoms. The van der Waals surface area contributed by atoms with Crippen molar-refractivity contribution in [3.8, 4) is 5.75 Å². The first-order valence-corrected chi connectivity index (χ1v) is 12.2. The zero-order valence-electron chi connectivity index (χ0n) is 18.8. The second-order valence-electron chi connectivity index (χ2n) is 10.2. The quantitative estimate of drug-likeness (QED) is 0.513. The standard InChI is InChI=1S/C29H36O/c1-3-4-16-28-17-8-11-25(28)26-13-12-23-21(2)27(30)15-14-24(23)29(26,19-18-28)20-22-9-6-5-7-10-22/h5-7,9-10,14-15,30H,3-4,8,11-13,16-20H2,1-2H3. The highest BCUT2D eigenvalue weighted by Crippen LogP contribution is 2.62. The molecule has 1 N–H and O–H groups in total. The number of hydrogen-bond acceptors (Lipinski definition) is 1. The topological polar surface area (TPSA) is 20.2 Å². The second kappa shape index (κ2) is 7.59. The summed E-state index contributed by atoms with van der Waals surface area (Å²) in [4.78, 5) is 0. The molecule has 2 aromatic carbocycles. The molecule has 2 atom stereocenters. The Hall–Kier alpha value is -2.02. The Balaban J connectivity index is 1.70. The molecule has 0 saturated heterocycles. The van der Waals surface area contributed by atoms with Gasteiger partial charge in [-0.3, -0.25) is 0 Å². The van der Waals surface area contributed by atoms with Crippen molar-refractivity contribution in [3.63, 3.8) is 0 Å². The van der Waals surface area contributed by atoms with Gasteiger partial charge in [0.05, 0.1) is 0 Å². The van der Waals surface area contributed by atoms with Crippen LogP contribution in [0.1, 0.15) is 87.0 Å². The molecule has 1 nitrogen and oxygen atoms in total. The molecule has 158 valence electrons. The van der Waals surface area contributed by atoms with Crippen molar-refractivity contribution in [2.45, 2.75) is 89.9 Å². The van der Waals surface area contributed by atoms with Crippen molar-refractivity contribution in [2.75, 3.05) is 0 Å². The number of rotatable bonds is 5. The van der Waals surface area contributed by atoms with E-state index in [1.807, 2.05) is 11.6 Å².